The van der Waals surface area contributed by atoms with E-state index >= 15 is 0 Å². The van der Waals surface area contributed by atoms with Crippen LogP contribution in [0.2, 0.25) is 5.02 Å². The Labute approximate surface area is 128 Å². The van der Waals surface area contributed by atoms with Crippen molar-refractivity contribution in [3.63, 3.8) is 0 Å². The first-order valence-corrected chi connectivity index (χ1v) is 7.14. The first-order valence-electron chi connectivity index (χ1n) is 6.76. The molecule has 1 heterocycles. The molecule has 0 aromatic heterocycles. The van der Waals surface area contributed by atoms with Crippen molar-refractivity contribution >= 4 is 23.4 Å². The Kier molecular flexibility index (Phi) is 6.10. The zero-order valence-electron chi connectivity index (χ0n) is 11.9. The zero-order valence-corrected chi connectivity index (χ0v) is 12.7. The molecule has 0 saturated carbocycles. The number of nitrogens with one attached hydrogen (secondary N) is 1. The van der Waals surface area contributed by atoms with Crippen molar-refractivity contribution in [1.82, 2.24) is 4.90 Å². The van der Waals surface area contributed by atoms with Crippen molar-refractivity contribution in [3.05, 3.63) is 23.2 Å². The lowest BCUT2D eigenvalue weighted by molar-refractivity contribution is 0.0290. The van der Waals surface area contributed by atoms with E-state index in [1.54, 1.807) is 18.2 Å². The molecule has 2 rings (SSSR count). The minimum absolute atomic E-state index is 0.335. The second-order valence-electron chi connectivity index (χ2n) is 4.56. The highest BCUT2D eigenvalue weighted by molar-refractivity contribution is 6.30. The molecule has 1 N–H and O–H groups in total. The van der Waals surface area contributed by atoms with Gasteiger partial charge in [0.15, 0.2) is 0 Å². The van der Waals surface area contributed by atoms with Gasteiger partial charge in [0, 0.05) is 30.7 Å². The van der Waals surface area contributed by atoms with Crippen LogP contribution < -0.4 is 10.1 Å². The second kappa shape index (κ2) is 8.07. The van der Waals surface area contributed by atoms with Crippen LogP contribution in [-0.2, 0) is 9.47 Å². The smallest absolute Gasteiger partial charge is 0.411 e. The van der Waals surface area contributed by atoms with Gasteiger partial charge in [-0.1, -0.05) is 11.6 Å². The van der Waals surface area contributed by atoms with Crippen LogP contribution >= 0.6 is 11.6 Å². The molecule has 0 bridgehead atoms. The highest BCUT2D eigenvalue weighted by Gasteiger charge is 2.12. The van der Waals surface area contributed by atoms with Gasteiger partial charge in [-0.25, -0.2) is 4.79 Å². The molecule has 0 unspecified atom stereocenters. The van der Waals surface area contributed by atoms with Crippen molar-refractivity contribution in [2.75, 3.05) is 51.9 Å². The lowest BCUT2D eigenvalue weighted by Gasteiger charge is -2.26. The summed E-state index contributed by atoms with van der Waals surface area (Å²) >= 11 is 5.86. The van der Waals surface area contributed by atoms with Crippen molar-refractivity contribution in [2.24, 2.45) is 0 Å². The molecule has 1 aliphatic rings. The Hall–Kier alpha value is -1.50. The van der Waals surface area contributed by atoms with Crippen LogP contribution in [0, 0.1) is 0 Å². The van der Waals surface area contributed by atoms with Crippen molar-refractivity contribution in [2.45, 2.75) is 0 Å². The summed E-state index contributed by atoms with van der Waals surface area (Å²) in [5.74, 6) is 0.493. The SMILES string of the molecule is COc1cc(Cl)ccc1NC(=O)OCCN1CCOCC1. The van der Waals surface area contributed by atoms with E-state index in [2.05, 4.69) is 10.2 Å². The number of morpholine rings is 1. The summed E-state index contributed by atoms with van der Waals surface area (Å²) in [4.78, 5) is 13.9. The summed E-state index contributed by atoms with van der Waals surface area (Å²) in [6, 6.07) is 4.97. The average Bonchev–Trinajstić information content (AvgIpc) is 2.50. The van der Waals surface area contributed by atoms with Gasteiger partial charge in [-0.15, -0.1) is 0 Å². The number of anilines is 1. The predicted molar refractivity (Wildman–Crippen MR) is 80.2 cm³/mol. The van der Waals surface area contributed by atoms with Gasteiger partial charge >= 0.3 is 6.09 Å². The molecule has 6 nitrogen and oxygen atoms in total. The minimum atomic E-state index is -0.510. The number of amides is 1. The standard InChI is InChI=1S/C14H19ClN2O4/c1-19-13-10-11(15)2-3-12(13)16-14(18)21-9-6-17-4-7-20-8-5-17/h2-3,10H,4-9H2,1H3,(H,16,18). The summed E-state index contributed by atoms with van der Waals surface area (Å²) in [5, 5.41) is 3.18. The fraction of sp³-hybridized carbons (Fsp3) is 0.500. The molecule has 7 heteroatoms. The third kappa shape index (κ3) is 5.08. The molecule has 21 heavy (non-hydrogen) atoms. The maximum atomic E-state index is 11.7. The molecule has 1 amide bonds. The monoisotopic (exact) mass is 314 g/mol. The largest absolute Gasteiger partial charge is 0.495 e. The van der Waals surface area contributed by atoms with Gasteiger partial charge < -0.3 is 14.2 Å². The number of hydrogen-bond acceptors (Lipinski definition) is 5. The van der Waals surface area contributed by atoms with E-state index in [0.29, 0.717) is 29.6 Å². The van der Waals surface area contributed by atoms with Gasteiger partial charge in [0.05, 0.1) is 26.0 Å². The first-order chi connectivity index (χ1) is 10.2. The molecule has 1 aliphatic heterocycles. The van der Waals surface area contributed by atoms with Crippen LogP contribution in [0.25, 0.3) is 0 Å². The molecule has 116 valence electrons. The molecule has 0 aliphatic carbocycles. The van der Waals surface area contributed by atoms with Crippen molar-refractivity contribution < 1.29 is 19.0 Å². The number of methoxy groups -OCH3 is 1. The molecule has 1 aromatic carbocycles. The number of ether oxygens (including phenoxy) is 3. The molecule has 0 atom stereocenters. The van der Waals surface area contributed by atoms with Crippen LogP contribution in [0.1, 0.15) is 0 Å². The number of nitrogens with zero attached hydrogens (tertiary/aromatic N) is 1. The second-order valence-corrected chi connectivity index (χ2v) is 5.00. The zero-order chi connectivity index (χ0) is 15.1. The van der Waals surface area contributed by atoms with E-state index in [-0.39, 0.29) is 0 Å². The summed E-state index contributed by atoms with van der Waals surface area (Å²) in [6.45, 7) is 4.24. The predicted octanol–water partition coefficient (Wildman–Crippen LogP) is 2.23. The number of carbonyl (C=O) groups is 1. The van der Waals surface area contributed by atoms with Gasteiger partial charge in [-0.05, 0) is 12.1 Å². The highest BCUT2D eigenvalue weighted by Crippen LogP contribution is 2.27. The Balaban J connectivity index is 1.76. The summed E-state index contributed by atoms with van der Waals surface area (Å²) in [7, 11) is 1.51. The lowest BCUT2D eigenvalue weighted by atomic mass is 10.3. The average molecular weight is 315 g/mol. The summed E-state index contributed by atoms with van der Waals surface area (Å²) < 4.78 is 15.6. The molecule has 1 saturated heterocycles. The molecular weight excluding hydrogens is 296 g/mol. The van der Waals surface area contributed by atoms with E-state index in [4.69, 9.17) is 25.8 Å². The van der Waals surface area contributed by atoms with E-state index in [1.807, 2.05) is 0 Å². The van der Waals surface area contributed by atoms with Gasteiger partial charge in [-0.2, -0.15) is 0 Å². The summed E-state index contributed by atoms with van der Waals surface area (Å²) in [6.07, 6.45) is -0.510. The summed E-state index contributed by atoms with van der Waals surface area (Å²) in [5.41, 5.74) is 0.526. The maximum Gasteiger partial charge on any atom is 0.411 e. The molecule has 1 aromatic rings. The van der Waals surface area contributed by atoms with Crippen LogP contribution in [-0.4, -0.2) is 57.6 Å². The molecule has 1 fully saturated rings. The number of halogens is 1. The topological polar surface area (TPSA) is 60.0 Å². The Morgan fingerprint density at radius 2 is 2.19 bits per heavy atom. The van der Waals surface area contributed by atoms with Gasteiger partial charge in [-0.3, -0.25) is 10.2 Å². The number of rotatable bonds is 5. The Morgan fingerprint density at radius 3 is 2.90 bits per heavy atom. The van der Waals surface area contributed by atoms with Crippen LogP contribution in [0.4, 0.5) is 10.5 Å². The molecular formula is C14H19ClN2O4. The normalized spacial score (nSPS) is 15.5. The quantitative estimate of drug-likeness (QED) is 0.903. The van der Waals surface area contributed by atoms with Crippen LogP contribution in [0.5, 0.6) is 5.75 Å². The van der Waals surface area contributed by atoms with E-state index in [0.717, 1.165) is 26.3 Å². The third-order valence-corrected chi connectivity index (χ3v) is 3.38. The number of benzene rings is 1. The van der Waals surface area contributed by atoms with E-state index in [1.165, 1.54) is 7.11 Å². The van der Waals surface area contributed by atoms with Crippen LogP contribution in [0.3, 0.4) is 0 Å². The van der Waals surface area contributed by atoms with Crippen molar-refractivity contribution in [1.29, 1.82) is 0 Å². The minimum Gasteiger partial charge on any atom is -0.495 e. The molecule has 0 radical (unpaired) electrons. The maximum absolute atomic E-state index is 11.7. The highest BCUT2D eigenvalue weighted by atomic mass is 35.5. The Morgan fingerprint density at radius 1 is 1.43 bits per heavy atom. The van der Waals surface area contributed by atoms with E-state index in [9.17, 15) is 4.79 Å². The fourth-order valence-corrected chi connectivity index (χ4v) is 2.17. The van der Waals surface area contributed by atoms with Crippen molar-refractivity contribution in [3.8, 4) is 5.75 Å². The lowest BCUT2D eigenvalue weighted by Crippen LogP contribution is -2.38. The first kappa shape index (κ1) is 15.9. The Bertz CT molecular complexity index is 478. The number of hydrogen-bond donors (Lipinski definition) is 1. The van der Waals surface area contributed by atoms with Crippen LogP contribution in [0.15, 0.2) is 18.2 Å². The molecule has 0 spiro atoms. The van der Waals surface area contributed by atoms with Gasteiger partial charge in [0.25, 0.3) is 0 Å². The van der Waals surface area contributed by atoms with E-state index < -0.39 is 6.09 Å². The van der Waals surface area contributed by atoms with Gasteiger partial charge in [0.2, 0.25) is 0 Å². The third-order valence-electron chi connectivity index (χ3n) is 3.14. The van der Waals surface area contributed by atoms with Gasteiger partial charge in [0.1, 0.15) is 12.4 Å². The number of carbonyl (C=O) groups excluding carboxylic acids is 1. The fourth-order valence-electron chi connectivity index (χ4n) is 2.01.